The van der Waals surface area contributed by atoms with Crippen LogP contribution in [-0.2, 0) is 0 Å². The molecular weight excluding hydrogens is 364 g/mol. The SMILES string of the molecule is CN1CCN(c2ccc(NC(=O)c3ccc(N4CCCCCC4)nn3)cc2)CC1. The average Bonchev–Trinajstić information content (AvgIpc) is 3.05. The van der Waals surface area contributed by atoms with E-state index in [0.29, 0.717) is 5.69 Å². The lowest BCUT2D eigenvalue weighted by Crippen LogP contribution is -2.44. The molecule has 2 aliphatic heterocycles. The van der Waals surface area contributed by atoms with Gasteiger partial charge >= 0.3 is 0 Å². The summed E-state index contributed by atoms with van der Waals surface area (Å²) in [5.41, 5.74) is 2.30. The number of aromatic nitrogens is 2. The van der Waals surface area contributed by atoms with Gasteiger partial charge in [0.25, 0.3) is 5.91 Å². The normalized spacial score (nSPS) is 18.4. The van der Waals surface area contributed by atoms with Crippen molar-refractivity contribution in [3.8, 4) is 0 Å². The van der Waals surface area contributed by atoms with Gasteiger partial charge in [-0.3, -0.25) is 4.79 Å². The smallest absolute Gasteiger partial charge is 0.276 e. The summed E-state index contributed by atoms with van der Waals surface area (Å²) in [5.74, 6) is 0.632. The summed E-state index contributed by atoms with van der Waals surface area (Å²) in [6.45, 7) is 6.23. The Balaban J connectivity index is 1.35. The van der Waals surface area contributed by atoms with Gasteiger partial charge < -0.3 is 20.0 Å². The number of rotatable bonds is 4. The quantitative estimate of drug-likeness (QED) is 0.860. The van der Waals surface area contributed by atoms with E-state index in [-0.39, 0.29) is 5.91 Å². The molecule has 0 bridgehead atoms. The van der Waals surface area contributed by atoms with E-state index >= 15 is 0 Å². The van der Waals surface area contributed by atoms with Gasteiger partial charge in [-0.15, -0.1) is 10.2 Å². The monoisotopic (exact) mass is 394 g/mol. The maximum Gasteiger partial charge on any atom is 0.276 e. The predicted octanol–water partition coefficient (Wildman–Crippen LogP) is 2.86. The molecule has 154 valence electrons. The van der Waals surface area contributed by atoms with Crippen LogP contribution in [0.4, 0.5) is 17.2 Å². The molecule has 0 unspecified atom stereocenters. The molecule has 7 heteroatoms. The van der Waals surface area contributed by atoms with Gasteiger partial charge in [0, 0.05) is 50.6 Å². The number of benzene rings is 1. The van der Waals surface area contributed by atoms with Crippen molar-refractivity contribution in [2.24, 2.45) is 0 Å². The third-order valence-corrected chi connectivity index (χ3v) is 5.81. The summed E-state index contributed by atoms with van der Waals surface area (Å²) in [6.07, 6.45) is 4.93. The minimum absolute atomic E-state index is 0.229. The number of carbonyl (C=O) groups excluding carboxylic acids is 1. The first-order chi connectivity index (χ1) is 14.2. The van der Waals surface area contributed by atoms with Gasteiger partial charge in [-0.25, -0.2) is 0 Å². The number of nitrogens with zero attached hydrogens (tertiary/aromatic N) is 5. The van der Waals surface area contributed by atoms with Crippen LogP contribution in [0.1, 0.15) is 36.2 Å². The van der Waals surface area contributed by atoms with Crippen LogP contribution in [0, 0.1) is 0 Å². The summed E-state index contributed by atoms with van der Waals surface area (Å²) in [6, 6.07) is 11.7. The number of piperazine rings is 1. The Bertz CT molecular complexity index is 791. The van der Waals surface area contributed by atoms with Gasteiger partial charge in [0.1, 0.15) is 0 Å². The fraction of sp³-hybridized carbons (Fsp3) is 0.500. The zero-order chi connectivity index (χ0) is 20.1. The highest BCUT2D eigenvalue weighted by molar-refractivity contribution is 6.02. The topological polar surface area (TPSA) is 64.6 Å². The summed E-state index contributed by atoms with van der Waals surface area (Å²) >= 11 is 0. The van der Waals surface area contributed by atoms with E-state index in [4.69, 9.17) is 0 Å². The van der Waals surface area contributed by atoms with Crippen molar-refractivity contribution in [1.29, 1.82) is 0 Å². The second kappa shape index (κ2) is 9.22. The van der Waals surface area contributed by atoms with E-state index in [1.54, 1.807) is 6.07 Å². The van der Waals surface area contributed by atoms with Crippen molar-refractivity contribution in [1.82, 2.24) is 15.1 Å². The van der Waals surface area contributed by atoms with Gasteiger partial charge in [0.2, 0.25) is 0 Å². The highest BCUT2D eigenvalue weighted by atomic mass is 16.1. The molecule has 0 saturated carbocycles. The summed E-state index contributed by atoms with van der Waals surface area (Å²) in [5, 5.41) is 11.4. The highest BCUT2D eigenvalue weighted by Gasteiger charge is 2.16. The largest absolute Gasteiger partial charge is 0.369 e. The second-order valence-electron chi connectivity index (χ2n) is 7.97. The molecule has 2 fully saturated rings. The zero-order valence-corrected chi connectivity index (χ0v) is 17.2. The molecule has 1 aromatic heterocycles. The lowest BCUT2D eigenvalue weighted by Gasteiger charge is -2.34. The molecule has 2 saturated heterocycles. The van der Waals surface area contributed by atoms with Crippen molar-refractivity contribution < 1.29 is 4.79 Å². The lowest BCUT2D eigenvalue weighted by atomic mass is 10.2. The number of anilines is 3. The number of hydrogen-bond acceptors (Lipinski definition) is 6. The highest BCUT2D eigenvalue weighted by Crippen LogP contribution is 2.20. The van der Waals surface area contributed by atoms with Crippen LogP contribution >= 0.6 is 0 Å². The second-order valence-corrected chi connectivity index (χ2v) is 7.97. The number of nitrogens with one attached hydrogen (secondary N) is 1. The van der Waals surface area contributed by atoms with Crippen LogP contribution in [0.3, 0.4) is 0 Å². The molecular formula is C22H30N6O. The molecule has 4 rings (SSSR count). The van der Waals surface area contributed by atoms with Gasteiger partial charge in [-0.05, 0) is 56.3 Å². The van der Waals surface area contributed by atoms with Crippen molar-refractivity contribution >= 4 is 23.1 Å². The minimum atomic E-state index is -0.229. The molecule has 1 N–H and O–H groups in total. The van der Waals surface area contributed by atoms with Crippen molar-refractivity contribution in [2.45, 2.75) is 25.7 Å². The average molecular weight is 395 g/mol. The molecule has 2 aromatic rings. The van der Waals surface area contributed by atoms with Crippen LogP contribution in [0.15, 0.2) is 36.4 Å². The predicted molar refractivity (Wildman–Crippen MR) is 117 cm³/mol. The van der Waals surface area contributed by atoms with E-state index in [0.717, 1.165) is 50.8 Å². The molecule has 0 spiro atoms. The van der Waals surface area contributed by atoms with Crippen LogP contribution in [-0.4, -0.2) is 67.3 Å². The van der Waals surface area contributed by atoms with Gasteiger partial charge in [-0.1, -0.05) is 12.8 Å². The Hall–Kier alpha value is -2.67. The van der Waals surface area contributed by atoms with E-state index < -0.39 is 0 Å². The number of carbonyl (C=O) groups is 1. The van der Waals surface area contributed by atoms with Crippen molar-refractivity contribution in [3.63, 3.8) is 0 Å². The van der Waals surface area contributed by atoms with Crippen LogP contribution in [0.2, 0.25) is 0 Å². The van der Waals surface area contributed by atoms with E-state index in [1.807, 2.05) is 18.2 Å². The first kappa shape index (κ1) is 19.6. The summed E-state index contributed by atoms with van der Waals surface area (Å²) in [4.78, 5) is 19.5. The summed E-state index contributed by atoms with van der Waals surface area (Å²) in [7, 11) is 2.15. The van der Waals surface area contributed by atoms with Gasteiger partial charge in [-0.2, -0.15) is 0 Å². The van der Waals surface area contributed by atoms with Crippen molar-refractivity contribution in [2.75, 3.05) is 61.4 Å². The Morgan fingerprint density at radius 1 is 0.793 bits per heavy atom. The molecule has 7 nitrogen and oxygen atoms in total. The van der Waals surface area contributed by atoms with E-state index in [9.17, 15) is 4.79 Å². The maximum absolute atomic E-state index is 12.5. The Kier molecular flexibility index (Phi) is 6.24. The fourth-order valence-electron chi connectivity index (χ4n) is 3.93. The molecule has 0 aliphatic carbocycles. The first-order valence-corrected chi connectivity index (χ1v) is 10.6. The third kappa shape index (κ3) is 5.03. The minimum Gasteiger partial charge on any atom is -0.369 e. The zero-order valence-electron chi connectivity index (χ0n) is 17.2. The third-order valence-electron chi connectivity index (χ3n) is 5.81. The molecule has 2 aliphatic rings. The Morgan fingerprint density at radius 3 is 2.10 bits per heavy atom. The fourth-order valence-corrected chi connectivity index (χ4v) is 3.93. The molecule has 1 aromatic carbocycles. The molecule has 3 heterocycles. The Labute approximate surface area is 172 Å². The standard InChI is InChI=1S/C22H30N6O/c1-26-14-16-27(17-15-26)19-8-6-18(7-9-19)23-22(29)20-10-11-21(25-24-20)28-12-4-2-3-5-13-28/h6-11H,2-5,12-17H2,1H3,(H,23,29). The van der Waals surface area contributed by atoms with Gasteiger partial charge in [0.15, 0.2) is 11.5 Å². The van der Waals surface area contributed by atoms with Crippen LogP contribution in [0.25, 0.3) is 0 Å². The summed E-state index contributed by atoms with van der Waals surface area (Å²) < 4.78 is 0. The molecule has 29 heavy (non-hydrogen) atoms. The lowest BCUT2D eigenvalue weighted by molar-refractivity contribution is 0.102. The molecule has 0 radical (unpaired) electrons. The van der Waals surface area contributed by atoms with E-state index in [2.05, 4.69) is 49.4 Å². The molecule has 0 atom stereocenters. The maximum atomic E-state index is 12.5. The van der Waals surface area contributed by atoms with Crippen LogP contribution in [0.5, 0.6) is 0 Å². The van der Waals surface area contributed by atoms with Crippen molar-refractivity contribution in [3.05, 3.63) is 42.1 Å². The van der Waals surface area contributed by atoms with Crippen LogP contribution < -0.4 is 15.1 Å². The van der Waals surface area contributed by atoms with Gasteiger partial charge in [0.05, 0.1) is 0 Å². The Morgan fingerprint density at radius 2 is 1.48 bits per heavy atom. The van der Waals surface area contributed by atoms with E-state index in [1.165, 1.54) is 31.4 Å². The number of likely N-dealkylation sites (N-methyl/N-ethyl adjacent to an activating group) is 1. The number of amides is 1. The first-order valence-electron chi connectivity index (χ1n) is 10.6. The molecule has 1 amide bonds. The number of hydrogen-bond donors (Lipinski definition) is 1.